The van der Waals surface area contributed by atoms with E-state index < -0.39 is 0 Å². The van der Waals surface area contributed by atoms with Gasteiger partial charge in [-0.15, -0.1) is 0 Å². The molecule has 1 aromatic rings. The van der Waals surface area contributed by atoms with Gasteiger partial charge in [-0.25, -0.2) is 0 Å². The Morgan fingerprint density at radius 1 is 1.24 bits per heavy atom. The zero-order chi connectivity index (χ0) is 15.7. The zero-order valence-corrected chi connectivity index (χ0v) is 15.2. The van der Waals surface area contributed by atoms with E-state index in [0.717, 1.165) is 19.6 Å². The van der Waals surface area contributed by atoms with Gasteiger partial charge in [0.1, 0.15) is 0 Å². The van der Waals surface area contributed by atoms with Crippen LogP contribution in [0.1, 0.15) is 32.8 Å². The Labute approximate surface area is 135 Å². The van der Waals surface area contributed by atoms with Crippen molar-refractivity contribution < 1.29 is 0 Å². The summed E-state index contributed by atoms with van der Waals surface area (Å²) in [5.74, 6) is 1.21. The minimum Gasteiger partial charge on any atom is -0.316 e. The number of thioether (sulfide) groups is 1. The first-order chi connectivity index (χ1) is 10.1. The van der Waals surface area contributed by atoms with E-state index in [1.807, 2.05) is 11.8 Å². The van der Waals surface area contributed by atoms with Gasteiger partial charge in [0.15, 0.2) is 0 Å². The van der Waals surface area contributed by atoms with E-state index in [9.17, 15) is 0 Å². The third kappa shape index (κ3) is 5.65. The first kappa shape index (κ1) is 18.5. The minimum absolute atomic E-state index is 0.151. The van der Waals surface area contributed by atoms with Gasteiger partial charge in [0, 0.05) is 30.3 Å². The van der Waals surface area contributed by atoms with Crippen LogP contribution >= 0.6 is 11.8 Å². The molecule has 2 nitrogen and oxygen atoms in total. The van der Waals surface area contributed by atoms with Crippen molar-refractivity contribution >= 4 is 11.8 Å². The summed E-state index contributed by atoms with van der Waals surface area (Å²) < 4.78 is 0. The molecule has 0 amide bonds. The van der Waals surface area contributed by atoms with Gasteiger partial charge in [-0.1, -0.05) is 51.1 Å². The van der Waals surface area contributed by atoms with E-state index in [4.69, 9.17) is 0 Å². The molecular weight excluding hydrogens is 276 g/mol. The molecule has 1 aromatic carbocycles. The smallest absolute Gasteiger partial charge is 0.0180 e. The molecule has 2 unspecified atom stereocenters. The Hall–Kier alpha value is -0.510. The molecule has 3 heteroatoms. The first-order valence-electron chi connectivity index (χ1n) is 8.02. The Balaban J connectivity index is 2.87. The van der Waals surface area contributed by atoms with Crippen LogP contribution in [0.15, 0.2) is 30.3 Å². The number of hydrogen-bond acceptors (Lipinski definition) is 3. The number of likely N-dealkylation sites (N-methyl/N-ethyl adjacent to an activating group) is 2. The molecule has 0 fully saturated rings. The Kier molecular flexibility index (Phi) is 8.38. The topological polar surface area (TPSA) is 15.3 Å². The lowest BCUT2D eigenvalue weighted by molar-refractivity contribution is 0.199. The van der Waals surface area contributed by atoms with Gasteiger partial charge in [0.05, 0.1) is 0 Å². The molecule has 2 atom stereocenters. The second-order valence-electron chi connectivity index (χ2n) is 6.14. The van der Waals surface area contributed by atoms with Crippen molar-refractivity contribution in [2.45, 2.75) is 38.6 Å². The molecule has 0 radical (unpaired) electrons. The molecule has 1 rings (SSSR count). The Morgan fingerprint density at radius 2 is 1.90 bits per heavy atom. The molecule has 0 aliphatic heterocycles. The fraction of sp³-hybridized carbons (Fsp3) is 0.667. The van der Waals surface area contributed by atoms with Crippen molar-refractivity contribution in [3.05, 3.63) is 35.9 Å². The Morgan fingerprint density at radius 3 is 2.43 bits per heavy atom. The summed E-state index contributed by atoms with van der Waals surface area (Å²) in [4.78, 5) is 2.54. The quantitative estimate of drug-likeness (QED) is 0.710. The maximum absolute atomic E-state index is 3.55. The molecule has 0 saturated heterocycles. The van der Waals surface area contributed by atoms with Crippen molar-refractivity contribution in [1.29, 1.82) is 0 Å². The largest absolute Gasteiger partial charge is 0.316 e. The molecule has 120 valence electrons. The van der Waals surface area contributed by atoms with Gasteiger partial charge < -0.3 is 10.2 Å². The Bertz CT molecular complexity index is 382. The lowest BCUT2D eigenvalue weighted by Gasteiger charge is -2.38. The van der Waals surface area contributed by atoms with Gasteiger partial charge in [-0.05, 0) is 31.8 Å². The second-order valence-corrected chi connectivity index (χ2v) is 7.05. The van der Waals surface area contributed by atoms with Crippen LogP contribution in [0.5, 0.6) is 0 Å². The van der Waals surface area contributed by atoms with Crippen LogP contribution in [0.4, 0.5) is 0 Å². The van der Waals surface area contributed by atoms with Gasteiger partial charge in [0.25, 0.3) is 0 Å². The molecule has 21 heavy (non-hydrogen) atoms. The standard InChI is InChI=1S/C18H32N2S/c1-6-17(13-21-5)20(4)15-18(3,14-19-7-2)16-11-9-8-10-12-16/h8-12,17,19H,6-7,13-15H2,1-5H3. The van der Waals surface area contributed by atoms with Crippen LogP contribution in [-0.4, -0.2) is 49.6 Å². The number of nitrogens with one attached hydrogen (secondary N) is 1. The number of benzene rings is 1. The van der Waals surface area contributed by atoms with Crippen molar-refractivity contribution in [3.8, 4) is 0 Å². The maximum Gasteiger partial charge on any atom is 0.0180 e. The van der Waals surface area contributed by atoms with Gasteiger partial charge in [0.2, 0.25) is 0 Å². The van der Waals surface area contributed by atoms with E-state index in [-0.39, 0.29) is 5.41 Å². The predicted octanol–water partition coefficient (Wildman–Crippen LogP) is 3.63. The maximum atomic E-state index is 3.55. The van der Waals surface area contributed by atoms with Crippen LogP contribution in [0.25, 0.3) is 0 Å². The van der Waals surface area contributed by atoms with Crippen molar-refractivity contribution in [3.63, 3.8) is 0 Å². The predicted molar refractivity (Wildman–Crippen MR) is 97.4 cm³/mol. The van der Waals surface area contributed by atoms with Crippen LogP contribution in [0, 0.1) is 0 Å². The first-order valence-corrected chi connectivity index (χ1v) is 9.42. The monoisotopic (exact) mass is 308 g/mol. The molecule has 0 aliphatic rings. The number of rotatable bonds is 10. The van der Waals surface area contributed by atoms with Crippen molar-refractivity contribution in [2.24, 2.45) is 0 Å². The summed E-state index contributed by atoms with van der Waals surface area (Å²) >= 11 is 1.95. The van der Waals surface area contributed by atoms with Crippen molar-refractivity contribution in [2.75, 3.05) is 38.7 Å². The molecule has 1 N–H and O–H groups in total. The van der Waals surface area contributed by atoms with Gasteiger partial charge >= 0.3 is 0 Å². The highest BCUT2D eigenvalue weighted by molar-refractivity contribution is 7.98. The molecule has 0 saturated carbocycles. The third-order valence-corrected chi connectivity index (χ3v) is 5.01. The highest BCUT2D eigenvalue weighted by Gasteiger charge is 2.29. The average Bonchev–Trinajstić information content (AvgIpc) is 2.51. The highest BCUT2D eigenvalue weighted by Crippen LogP contribution is 2.25. The summed E-state index contributed by atoms with van der Waals surface area (Å²) in [6.07, 6.45) is 3.41. The second kappa shape index (κ2) is 9.50. The molecule has 0 bridgehead atoms. The van der Waals surface area contributed by atoms with E-state index in [1.54, 1.807) is 0 Å². The van der Waals surface area contributed by atoms with Crippen LogP contribution in [0.2, 0.25) is 0 Å². The van der Waals surface area contributed by atoms with E-state index in [2.05, 4.69) is 74.6 Å². The SMILES string of the molecule is CCNCC(C)(CN(C)C(CC)CSC)c1ccccc1. The summed E-state index contributed by atoms with van der Waals surface area (Å²) in [7, 11) is 2.28. The summed E-state index contributed by atoms with van der Waals surface area (Å²) in [5, 5.41) is 3.55. The van der Waals surface area contributed by atoms with Crippen LogP contribution in [-0.2, 0) is 5.41 Å². The number of hydrogen-bond donors (Lipinski definition) is 1. The van der Waals surface area contributed by atoms with E-state index in [0.29, 0.717) is 6.04 Å². The molecule has 0 heterocycles. The summed E-state index contributed by atoms with van der Waals surface area (Å²) in [6.45, 7) is 9.98. The fourth-order valence-corrected chi connectivity index (χ4v) is 3.79. The lowest BCUT2D eigenvalue weighted by Crippen LogP contribution is -2.47. The van der Waals surface area contributed by atoms with E-state index >= 15 is 0 Å². The summed E-state index contributed by atoms with van der Waals surface area (Å²) in [6, 6.07) is 11.6. The molecule has 0 aliphatic carbocycles. The van der Waals surface area contributed by atoms with Crippen LogP contribution < -0.4 is 5.32 Å². The molecule has 0 spiro atoms. The van der Waals surface area contributed by atoms with Crippen molar-refractivity contribution in [1.82, 2.24) is 10.2 Å². The number of nitrogens with zero attached hydrogens (tertiary/aromatic N) is 1. The van der Waals surface area contributed by atoms with Gasteiger partial charge in [-0.2, -0.15) is 11.8 Å². The van der Waals surface area contributed by atoms with Crippen LogP contribution in [0.3, 0.4) is 0 Å². The summed E-state index contributed by atoms with van der Waals surface area (Å²) in [5.41, 5.74) is 1.58. The average molecular weight is 309 g/mol. The zero-order valence-electron chi connectivity index (χ0n) is 14.4. The molecular formula is C18H32N2S. The normalized spacial score (nSPS) is 15.9. The highest BCUT2D eigenvalue weighted by atomic mass is 32.2. The lowest BCUT2D eigenvalue weighted by atomic mass is 9.81. The fourth-order valence-electron chi connectivity index (χ4n) is 2.92. The van der Waals surface area contributed by atoms with Gasteiger partial charge in [-0.3, -0.25) is 0 Å². The third-order valence-electron chi connectivity index (χ3n) is 4.29. The van der Waals surface area contributed by atoms with E-state index in [1.165, 1.54) is 17.7 Å². The minimum atomic E-state index is 0.151. The molecule has 0 aromatic heterocycles.